The van der Waals surface area contributed by atoms with E-state index in [0.29, 0.717) is 15.9 Å². The van der Waals surface area contributed by atoms with Crippen molar-refractivity contribution in [3.63, 3.8) is 0 Å². The van der Waals surface area contributed by atoms with Crippen molar-refractivity contribution in [1.82, 2.24) is 0 Å². The zero-order valence-electron chi connectivity index (χ0n) is 11.2. The summed E-state index contributed by atoms with van der Waals surface area (Å²) in [6, 6.07) is 26.9. The minimum absolute atomic E-state index is 0.0233. The Morgan fingerprint density at radius 2 is 1.24 bits per heavy atom. The number of benzene rings is 2. The minimum Gasteiger partial charge on any atom is -0.506 e. The molecule has 0 heterocycles. The van der Waals surface area contributed by atoms with Crippen molar-refractivity contribution in [3.8, 4) is 5.75 Å². The van der Waals surface area contributed by atoms with Gasteiger partial charge in [0.1, 0.15) is 5.75 Å². The second kappa shape index (κ2) is 5.48. The minimum atomic E-state index is -3.12. The Morgan fingerprint density at radius 1 is 0.762 bits per heavy atom. The molecule has 3 aromatic carbocycles. The molecule has 102 valence electrons. The fraction of sp³-hybridized carbons (Fsp3) is 0. The van der Waals surface area contributed by atoms with E-state index in [2.05, 4.69) is 12.1 Å². The Kier molecular flexibility index (Phi) is 3.52. The van der Waals surface area contributed by atoms with Gasteiger partial charge in [-0.05, 0) is 0 Å². The zero-order valence-corrected chi connectivity index (χ0v) is 12.1. The highest BCUT2D eigenvalue weighted by Gasteiger charge is 2.31. The van der Waals surface area contributed by atoms with Gasteiger partial charge in [0.15, 0.2) is 7.14 Å². The van der Waals surface area contributed by atoms with Crippen LogP contribution in [0.1, 0.15) is 0 Å². The summed E-state index contributed by atoms with van der Waals surface area (Å²) in [6.45, 7) is 0. The van der Waals surface area contributed by atoms with Gasteiger partial charge in [0.05, 0.1) is 5.30 Å². The van der Waals surface area contributed by atoms with Gasteiger partial charge in [-0.1, -0.05) is 72.8 Å². The van der Waals surface area contributed by atoms with Crippen molar-refractivity contribution < 1.29 is 9.67 Å². The molecule has 0 saturated heterocycles. The Morgan fingerprint density at radius 3 is 1.71 bits per heavy atom. The molecule has 0 atom stereocenters. The highest BCUT2D eigenvalue weighted by molar-refractivity contribution is 7.85. The highest BCUT2D eigenvalue weighted by atomic mass is 31.2. The first-order chi connectivity index (χ1) is 10.2. The topological polar surface area (TPSA) is 37.3 Å². The number of hydrogen-bond donors (Lipinski definition) is 1. The van der Waals surface area contributed by atoms with Crippen LogP contribution in [0.2, 0.25) is 0 Å². The molecule has 0 saturated carbocycles. The normalized spacial score (nSPS) is 10.9. The summed E-state index contributed by atoms with van der Waals surface area (Å²) in [7, 11) is -3.12. The van der Waals surface area contributed by atoms with E-state index in [1.807, 2.05) is 60.7 Å². The van der Waals surface area contributed by atoms with E-state index in [-0.39, 0.29) is 5.75 Å². The number of hydrogen-bond acceptors (Lipinski definition) is 2. The van der Waals surface area contributed by atoms with Gasteiger partial charge in [0.25, 0.3) is 0 Å². The predicted molar refractivity (Wildman–Crippen MR) is 85.2 cm³/mol. The predicted octanol–water partition coefficient (Wildman–Crippen LogP) is 2.63. The van der Waals surface area contributed by atoms with Crippen LogP contribution in [0.25, 0.3) is 0 Å². The summed E-state index contributed by atoms with van der Waals surface area (Å²) in [5.41, 5.74) is 0. The van der Waals surface area contributed by atoms with Crippen molar-refractivity contribution in [1.29, 1.82) is 0 Å². The van der Waals surface area contributed by atoms with Crippen LogP contribution in [0, 0.1) is 12.1 Å². The zero-order chi connectivity index (χ0) is 14.7. The van der Waals surface area contributed by atoms with Crippen LogP contribution in [0.5, 0.6) is 5.75 Å². The van der Waals surface area contributed by atoms with Crippen LogP contribution >= 0.6 is 7.14 Å². The van der Waals surface area contributed by atoms with Crippen LogP contribution in [-0.4, -0.2) is 5.11 Å². The lowest BCUT2D eigenvalue weighted by atomic mass is 10.4. The van der Waals surface area contributed by atoms with Gasteiger partial charge in [0.2, 0.25) is 0 Å². The van der Waals surface area contributed by atoms with Crippen LogP contribution in [0.4, 0.5) is 0 Å². The fourth-order valence-corrected chi connectivity index (χ4v) is 5.00. The molecule has 3 rings (SSSR count). The highest BCUT2D eigenvalue weighted by Crippen LogP contribution is 2.44. The van der Waals surface area contributed by atoms with Crippen LogP contribution in [0.15, 0.2) is 72.8 Å². The summed E-state index contributed by atoms with van der Waals surface area (Å²) >= 11 is 0. The third kappa shape index (κ3) is 2.33. The molecule has 0 amide bonds. The quantitative estimate of drug-likeness (QED) is 0.754. The molecule has 21 heavy (non-hydrogen) atoms. The molecule has 0 bridgehead atoms. The first-order valence-electron chi connectivity index (χ1n) is 6.55. The molecule has 0 fully saturated rings. The van der Waals surface area contributed by atoms with E-state index >= 15 is 0 Å². The Labute approximate surface area is 124 Å². The largest absolute Gasteiger partial charge is 0.506 e. The Balaban J connectivity index is 2.32. The lowest BCUT2D eigenvalue weighted by Gasteiger charge is -2.19. The molecule has 0 aliphatic rings. The SMILES string of the molecule is O=P(c1ccccc1)(c1ccccc1)c1cc#ccc1O. The van der Waals surface area contributed by atoms with E-state index < -0.39 is 7.14 Å². The smallest absolute Gasteiger partial charge is 0.175 e. The maximum absolute atomic E-state index is 13.8. The van der Waals surface area contributed by atoms with Crippen molar-refractivity contribution in [2.75, 3.05) is 0 Å². The molecule has 0 spiro atoms. The summed E-state index contributed by atoms with van der Waals surface area (Å²) in [5, 5.41) is 11.9. The summed E-state index contributed by atoms with van der Waals surface area (Å²) in [4.78, 5) is 0. The van der Waals surface area contributed by atoms with Crippen molar-refractivity contribution in [2.45, 2.75) is 0 Å². The van der Waals surface area contributed by atoms with Crippen molar-refractivity contribution >= 4 is 23.1 Å². The second-order valence-electron chi connectivity index (χ2n) is 4.63. The summed E-state index contributed by atoms with van der Waals surface area (Å²) in [6.07, 6.45) is 0. The van der Waals surface area contributed by atoms with Crippen LogP contribution in [-0.2, 0) is 4.57 Å². The van der Waals surface area contributed by atoms with Gasteiger partial charge < -0.3 is 9.67 Å². The lowest BCUT2D eigenvalue weighted by Crippen LogP contribution is -2.24. The molecule has 3 heteroatoms. The van der Waals surface area contributed by atoms with Crippen molar-refractivity contribution in [2.24, 2.45) is 0 Å². The van der Waals surface area contributed by atoms with Crippen LogP contribution < -0.4 is 15.9 Å². The molecule has 0 unspecified atom stereocenters. The maximum Gasteiger partial charge on any atom is 0.175 e. The monoisotopic (exact) mass is 292 g/mol. The molecular weight excluding hydrogens is 279 g/mol. The second-order valence-corrected chi connectivity index (χ2v) is 7.36. The molecule has 0 aliphatic heterocycles. The van der Waals surface area contributed by atoms with Crippen molar-refractivity contribution in [3.05, 3.63) is 84.9 Å². The van der Waals surface area contributed by atoms with Gasteiger partial charge in [-0.2, -0.15) is 0 Å². The van der Waals surface area contributed by atoms with Gasteiger partial charge in [-0.3, -0.25) is 0 Å². The lowest BCUT2D eigenvalue weighted by molar-refractivity contribution is 0.479. The van der Waals surface area contributed by atoms with Gasteiger partial charge >= 0.3 is 0 Å². The summed E-state index contributed by atoms with van der Waals surface area (Å²) < 4.78 is 13.8. The number of rotatable bonds is 3. The first-order valence-corrected chi connectivity index (χ1v) is 8.26. The van der Waals surface area contributed by atoms with E-state index in [1.54, 1.807) is 6.07 Å². The average molecular weight is 292 g/mol. The first kappa shape index (κ1) is 13.5. The van der Waals surface area contributed by atoms with Gasteiger partial charge in [-0.15, -0.1) is 0 Å². The van der Waals surface area contributed by atoms with E-state index in [1.165, 1.54) is 6.07 Å². The molecule has 1 N–H and O–H groups in total. The number of aromatic hydroxyl groups is 1. The third-order valence-electron chi connectivity index (χ3n) is 3.34. The fourth-order valence-electron chi connectivity index (χ4n) is 2.32. The van der Waals surface area contributed by atoms with E-state index in [4.69, 9.17) is 0 Å². The summed E-state index contributed by atoms with van der Waals surface area (Å²) in [5.74, 6) is -0.0233. The average Bonchev–Trinajstić information content (AvgIpc) is 2.56. The third-order valence-corrected chi connectivity index (χ3v) is 6.43. The molecule has 0 aliphatic carbocycles. The standard InChI is InChI=1S/C18H13O2P/c19-17-13-7-8-14-18(17)21(20,15-9-3-1-4-10-15)16-11-5-2-6-12-16/h1-6,9-14,19H. The van der Waals surface area contributed by atoms with Gasteiger partial charge in [0, 0.05) is 22.7 Å². The maximum atomic E-state index is 13.8. The molecule has 2 nitrogen and oxygen atoms in total. The molecular formula is C18H13O2P. The Hall–Kier alpha value is -2.49. The van der Waals surface area contributed by atoms with Gasteiger partial charge in [-0.25, -0.2) is 0 Å². The van der Waals surface area contributed by atoms with E-state index in [9.17, 15) is 9.67 Å². The Bertz CT molecular complexity index is 739. The van der Waals surface area contributed by atoms with Crippen LogP contribution in [0.3, 0.4) is 0 Å². The molecule has 0 radical (unpaired) electrons. The molecule has 0 aromatic heterocycles. The molecule has 3 aromatic rings. The van der Waals surface area contributed by atoms with E-state index in [0.717, 1.165) is 0 Å².